The monoisotopic (exact) mass is 325 g/mol. The minimum Gasteiger partial charge on any atom is -0.0904 e. The molecule has 0 rings (SSSR count). The van der Waals surface area contributed by atoms with E-state index in [2.05, 4.69) is 0 Å². The Kier molecular flexibility index (Phi) is 10.8. The fourth-order valence-electron chi connectivity index (χ4n) is 0. The van der Waals surface area contributed by atoms with Gasteiger partial charge in [-0.3, -0.25) is 0 Å². The maximum Gasteiger partial charge on any atom is 2.00 e. The molecule has 38 valence electrons. The van der Waals surface area contributed by atoms with Crippen LogP contribution in [-0.2, 0) is 21.1 Å². The van der Waals surface area contributed by atoms with E-state index in [0.29, 0.717) is 0 Å². The molecular formula is C2HCl3Pt+2. The SMILES string of the molecule is ClC=C(Cl)Cl.[Pt+2]. The van der Waals surface area contributed by atoms with Gasteiger partial charge in [0.25, 0.3) is 0 Å². The molecule has 0 bridgehead atoms. The molecule has 0 aromatic rings. The minimum atomic E-state index is 0. The van der Waals surface area contributed by atoms with Gasteiger partial charge in [-0.25, -0.2) is 0 Å². The van der Waals surface area contributed by atoms with Gasteiger partial charge in [0.2, 0.25) is 0 Å². The summed E-state index contributed by atoms with van der Waals surface area (Å²) in [4.78, 5) is 0. The van der Waals surface area contributed by atoms with Gasteiger partial charge in [-0.05, 0) is 0 Å². The number of hydrogen-bond acceptors (Lipinski definition) is 0. The van der Waals surface area contributed by atoms with Crippen molar-refractivity contribution >= 4 is 34.8 Å². The van der Waals surface area contributed by atoms with Gasteiger partial charge in [0, 0.05) is 5.54 Å². The Labute approximate surface area is 65.7 Å². The normalized spacial score (nSPS) is 5.83. The van der Waals surface area contributed by atoms with E-state index < -0.39 is 0 Å². The van der Waals surface area contributed by atoms with Crippen molar-refractivity contribution in [2.75, 3.05) is 0 Å². The third kappa shape index (κ3) is 9.00. The summed E-state index contributed by atoms with van der Waals surface area (Å²) in [6, 6.07) is 0. The van der Waals surface area contributed by atoms with E-state index in [1.54, 1.807) is 0 Å². The smallest absolute Gasteiger partial charge is 0.0904 e. The first kappa shape index (κ1) is 10.3. The first-order valence-corrected chi connectivity index (χ1v) is 2.08. The van der Waals surface area contributed by atoms with Crippen LogP contribution in [0.25, 0.3) is 0 Å². The summed E-state index contributed by atoms with van der Waals surface area (Å²) in [6.07, 6.45) is 0. The van der Waals surface area contributed by atoms with Crippen LogP contribution in [0, 0.1) is 0 Å². The van der Waals surface area contributed by atoms with Gasteiger partial charge in [0.1, 0.15) is 4.49 Å². The molecule has 0 unspecified atom stereocenters. The predicted octanol–water partition coefficient (Wildman–Crippen LogP) is 2.50. The van der Waals surface area contributed by atoms with Gasteiger partial charge in [0.15, 0.2) is 0 Å². The summed E-state index contributed by atoms with van der Waals surface area (Å²) in [5, 5.41) is 0. The van der Waals surface area contributed by atoms with E-state index in [9.17, 15) is 0 Å². The average Bonchev–Trinajstić information content (AvgIpc) is 1.38. The molecule has 0 saturated carbocycles. The Hall–Kier alpha value is 1.30. The first-order chi connectivity index (χ1) is 2.27. The molecule has 0 amide bonds. The van der Waals surface area contributed by atoms with Crippen LogP contribution in [0.5, 0.6) is 0 Å². The van der Waals surface area contributed by atoms with Gasteiger partial charge in [0.05, 0.1) is 0 Å². The van der Waals surface area contributed by atoms with Crippen molar-refractivity contribution in [2.24, 2.45) is 0 Å². The Bertz CT molecular complexity index is 46.8. The molecule has 0 fully saturated rings. The molecule has 0 radical (unpaired) electrons. The largest absolute Gasteiger partial charge is 2.00 e. The van der Waals surface area contributed by atoms with E-state index in [4.69, 9.17) is 34.8 Å². The molecule has 0 nitrogen and oxygen atoms in total. The zero-order valence-electron chi connectivity index (χ0n) is 2.53. The number of rotatable bonds is 0. The van der Waals surface area contributed by atoms with E-state index in [-0.39, 0.29) is 25.6 Å². The van der Waals surface area contributed by atoms with Crippen LogP contribution >= 0.6 is 34.8 Å². The Morgan fingerprint density at radius 3 is 1.50 bits per heavy atom. The zero-order chi connectivity index (χ0) is 4.28. The van der Waals surface area contributed by atoms with Crippen molar-refractivity contribution in [3.63, 3.8) is 0 Å². The van der Waals surface area contributed by atoms with Crippen molar-refractivity contribution < 1.29 is 21.1 Å². The van der Waals surface area contributed by atoms with E-state index >= 15 is 0 Å². The van der Waals surface area contributed by atoms with Gasteiger partial charge >= 0.3 is 21.1 Å². The standard InChI is InChI=1S/C2HCl3.Pt/c3-1-2(4)5;/h1H;/q;+2. The van der Waals surface area contributed by atoms with Crippen molar-refractivity contribution in [3.8, 4) is 0 Å². The molecule has 0 aromatic carbocycles. The molecule has 0 saturated heterocycles. The molecule has 0 aliphatic rings. The van der Waals surface area contributed by atoms with E-state index in [1.807, 2.05) is 0 Å². The van der Waals surface area contributed by atoms with Gasteiger partial charge in [-0.1, -0.05) is 34.8 Å². The summed E-state index contributed by atoms with van der Waals surface area (Å²) >= 11 is 14.8. The van der Waals surface area contributed by atoms with Crippen LogP contribution in [0.1, 0.15) is 0 Å². The van der Waals surface area contributed by atoms with Crippen LogP contribution in [0.2, 0.25) is 0 Å². The maximum atomic E-state index is 4.96. The van der Waals surface area contributed by atoms with E-state index in [1.165, 1.54) is 0 Å². The maximum absolute atomic E-state index is 4.96. The molecule has 6 heavy (non-hydrogen) atoms. The van der Waals surface area contributed by atoms with Crippen LogP contribution in [0.15, 0.2) is 10.0 Å². The quantitative estimate of drug-likeness (QED) is 0.642. The molecule has 0 heterocycles. The summed E-state index contributed by atoms with van der Waals surface area (Å²) in [6.45, 7) is 0. The van der Waals surface area contributed by atoms with Crippen molar-refractivity contribution in [1.29, 1.82) is 0 Å². The summed E-state index contributed by atoms with van der Waals surface area (Å²) in [5.74, 6) is 0. The van der Waals surface area contributed by atoms with Crippen LogP contribution < -0.4 is 0 Å². The summed E-state index contributed by atoms with van der Waals surface area (Å²) in [5.41, 5.74) is 1.09. The predicted molar refractivity (Wildman–Crippen MR) is 25.6 cm³/mol. The van der Waals surface area contributed by atoms with Gasteiger partial charge < -0.3 is 0 Å². The fourth-order valence-corrected chi connectivity index (χ4v) is 0. The Morgan fingerprint density at radius 2 is 1.50 bits per heavy atom. The third-order valence-corrected chi connectivity index (χ3v) is 0.742. The van der Waals surface area contributed by atoms with Gasteiger partial charge in [-0.2, -0.15) is 0 Å². The van der Waals surface area contributed by atoms with Crippen LogP contribution in [0.4, 0.5) is 0 Å². The zero-order valence-corrected chi connectivity index (χ0v) is 7.07. The molecule has 0 aromatic heterocycles. The molecule has 4 heteroatoms. The molecule has 0 aliphatic carbocycles. The molecule has 0 atom stereocenters. The van der Waals surface area contributed by atoms with E-state index in [0.717, 1.165) is 5.54 Å². The van der Waals surface area contributed by atoms with Crippen molar-refractivity contribution in [1.82, 2.24) is 0 Å². The second kappa shape index (κ2) is 6.30. The topological polar surface area (TPSA) is 0 Å². The number of halogens is 3. The fraction of sp³-hybridized carbons (Fsp3) is 0. The molecule has 0 spiro atoms. The minimum absolute atomic E-state index is 0. The summed E-state index contributed by atoms with van der Waals surface area (Å²) in [7, 11) is 0. The second-order valence-electron chi connectivity index (χ2n) is 0.399. The average molecular weight is 326 g/mol. The Morgan fingerprint density at radius 1 is 1.33 bits per heavy atom. The third-order valence-electron chi connectivity index (χ3n) is 0.0825. The second-order valence-corrected chi connectivity index (χ2v) is 1.62. The Balaban J connectivity index is 0. The van der Waals surface area contributed by atoms with Crippen LogP contribution in [-0.4, -0.2) is 0 Å². The van der Waals surface area contributed by atoms with Crippen LogP contribution in [0.3, 0.4) is 0 Å². The van der Waals surface area contributed by atoms with Crippen molar-refractivity contribution in [3.05, 3.63) is 10.0 Å². The summed E-state index contributed by atoms with van der Waals surface area (Å²) < 4.78 is 0.0895. The molecule has 0 aliphatic heterocycles. The molecular weight excluding hydrogens is 325 g/mol. The van der Waals surface area contributed by atoms with Crippen molar-refractivity contribution in [2.45, 2.75) is 0 Å². The van der Waals surface area contributed by atoms with Gasteiger partial charge in [-0.15, -0.1) is 0 Å². The molecule has 0 N–H and O–H groups in total. The first-order valence-electron chi connectivity index (χ1n) is 0.885. The number of hydrogen-bond donors (Lipinski definition) is 0.